The first-order valence-electron chi connectivity index (χ1n) is 5.63. The van der Waals surface area contributed by atoms with E-state index < -0.39 is 0 Å². The normalized spacial score (nSPS) is 10.2. The van der Waals surface area contributed by atoms with Crippen LogP contribution in [0.1, 0.15) is 15.9 Å². The fourth-order valence-electron chi connectivity index (χ4n) is 1.60. The van der Waals surface area contributed by atoms with E-state index in [0.29, 0.717) is 22.5 Å². The molecule has 0 radical (unpaired) electrons. The first-order chi connectivity index (χ1) is 8.97. The highest BCUT2D eigenvalue weighted by molar-refractivity contribution is 9.10. The lowest BCUT2D eigenvalue weighted by Crippen LogP contribution is -2.12. The van der Waals surface area contributed by atoms with Gasteiger partial charge < -0.3 is 16.2 Å². The van der Waals surface area contributed by atoms with Gasteiger partial charge in [-0.3, -0.25) is 4.79 Å². The van der Waals surface area contributed by atoms with Crippen molar-refractivity contribution in [2.45, 2.75) is 6.92 Å². The molecule has 4 N–H and O–H groups in total. The van der Waals surface area contributed by atoms with Gasteiger partial charge >= 0.3 is 0 Å². The van der Waals surface area contributed by atoms with Gasteiger partial charge in [-0.2, -0.15) is 0 Å². The zero-order valence-corrected chi connectivity index (χ0v) is 11.9. The number of hydrogen-bond donors (Lipinski definition) is 3. The number of amides is 1. The Bertz CT molecular complexity index is 641. The molecule has 5 heteroatoms. The summed E-state index contributed by atoms with van der Waals surface area (Å²) >= 11 is 3.30. The third kappa shape index (κ3) is 3.06. The van der Waals surface area contributed by atoms with Crippen LogP contribution < -0.4 is 11.1 Å². The van der Waals surface area contributed by atoms with Crippen molar-refractivity contribution in [2.24, 2.45) is 0 Å². The molecule has 2 aromatic rings. The number of hydrogen-bond acceptors (Lipinski definition) is 3. The number of phenolic OH excluding ortho intramolecular Hbond substituents is 1. The van der Waals surface area contributed by atoms with E-state index in [0.717, 1.165) is 4.47 Å². The summed E-state index contributed by atoms with van der Waals surface area (Å²) in [6, 6.07) is 9.89. The molecule has 98 valence electrons. The van der Waals surface area contributed by atoms with E-state index in [2.05, 4.69) is 21.2 Å². The fraction of sp³-hybridized carbons (Fsp3) is 0.0714. The summed E-state index contributed by atoms with van der Waals surface area (Å²) in [5, 5.41) is 12.2. The number of nitrogen functional groups attached to an aromatic ring is 1. The van der Waals surface area contributed by atoms with Crippen molar-refractivity contribution in [2.75, 3.05) is 11.1 Å². The van der Waals surface area contributed by atoms with E-state index in [4.69, 9.17) is 5.73 Å². The van der Waals surface area contributed by atoms with Crippen molar-refractivity contribution in [1.82, 2.24) is 0 Å². The summed E-state index contributed by atoms with van der Waals surface area (Å²) in [5.41, 5.74) is 8.09. The van der Waals surface area contributed by atoms with Crippen LogP contribution in [0.25, 0.3) is 0 Å². The first-order valence-corrected chi connectivity index (χ1v) is 6.42. The number of aryl methyl sites for hydroxylation is 1. The highest BCUT2D eigenvalue weighted by atomic mass is 79.9. The number of carbonyl (C=O) groups is 1. The molecule has 4 nitrogen and oxygen atoms in total. The minimum Gasteiger partial charge on any atom is -0.508 e. The lowest BCUT2D eigenvalue weighted by atomic mass is 10.1. The molecule has 0 aliphatic carbocycles. The molecule has 1 amide bonds. The van der Waals surface area contributed by atoms with Gasteiger partial charge in [0.25, 0.3) is 5.91 Å². The van der Waals surface area contributed by atoms with Crippen molar-refractivity contribution in [1.29, 1.82) is 0 Å². The molecule has 0 spiro atoms. The number of halogens is 1. The highest BCUT2D eigenvalue weighted by Crippen LogP contribution is 2.24. The van der Waals surface area contributed by atoms with Gasteiger partial charge in [-0.15, -0.1) is 0 Å². The zero-order valence-electron chi connectivity index (χ0n) is 10.3. The number of carbonyl (C=O) groups excluding carboxylic acids is 1. The molecule has 0 heterocycles. The van der Waals surface area contributed by atoms with Gasteiger partial charge in [-0.05, 0) is 64.8 Å². The minimum atomic E-state index is -0.236. The third-order valence-corrected chi connectivity index (χ3v) is 3.40. The van der Waals surface area contributed by atoms with E-state index >= 15 is 0 Å². The Balaban J connectivity index is 2.20. The van der Waals surface area contributed by atoms with Crippen LogP contribution in [0.2, 0.25) is 0 Å². The predicted molar refractivity (Wildman–Crippen MR) is 79.4 cm³/mol. The Labute approximate surface area is 119 Å². The van der Waals surface area contributed by atoms with Crippen LogP contribution in [0.5, 0.6) is 5.75 Å². The maximum absolute atomic E-state index is 12.0. The zero-order chi connectivity index (χ0) is 14.0. The van der Waals surface area contributed by atoms with Crippen molar-refractivity contribution in [3.63, 3.8) is 0 Å². The molecule has 0 aromatic heterocycles. The van der Waals surface area contributed by atoms with Crippen molar-refractivity contribution in [3.8, 4) is 5.75 Å². The van der Waals surface area contributed by atoms with E-state index in [1.54, 1.807) is 37.3 Å². The highest BCUT2D eigenvalue weighted by Gasteiger charge is 2.08. The molecule has 19 heavy (non-hydrogen) atoms. The maximum Gasteiger partial charge on any atom is 0.255 e. The van der Waals surface area contributed by atoms with Gasteiger partial charge in [-0.25, -0.2) is 0 Å². The van der Waals surface area contributed by atoms with Crippen molar-refractivity contribution in [3.05, 3.63) is 52.0 Å². The Morgan fingerprint density at radius 2 is 2.00 bits per heavy atom. The minimum absolute atomic E-state index is 0.173. The Morgan fingerprint density at radius 3 is 2.63 bits per heavy atom. The molecule has 2 aromatic carbocycles. The SMILES string of the molecule is Cc1cc(C(=O)Nc2ccc(N)c(Br)c2)ccc1O. The van der Waals surface area contributed by atoms with E-state index in [1.807, 2.05) is 0 Å². The fourth-order valence-corrected chi connectivity index (χ4v) is 1.98. The molecule has 0 fully saturated rings. The topological polar surface area (TPSA) is 75.4 Å². The number of anilines is 2. The molecule has 0 aliphatic heterocycles. The number of nitrogens with one attached hydrogen (secondary N) is 1. The van der Waals surface area contributed by atoms with E-state index in [9.17, 15) is 9.90 Å². The van der Waals surface area contributed by atoms with E-state index in [1.165, 1.54) is 6.07 Å². The number of phenols is 1. The Kier molecular flexibility index (Phi) is 3.76. The van der Waals surface area contributed by atoms with Gasteiger partial charge in [-0.1, -0.05) is 0 Å². The summed E-state index contributed by atoms with van der Waals surface area (Å²) < 4.78 is 0.729. The second-order valence-electron chi connectivity index (χ2n) is 4.19. The second-order valence-corrected chi connectivity index (χ2v) is 5.05. The summed E-state index contributed by atoms with van der Waals surface area (Å²) in [7, 11) is 0. The standard InChI is InChI=1S/C14H13BrN2O2/c1-8-6-9(2-5-13(8)18)14(19)17-10-3-4-12(16)11(15)7-10/h2-7,18H,16H2,1H3,(H,17,19). The average molecular weight is 321 g/mol. The molecule has 0 atom stereocenters. The van der Waals surface area contributed by atoms with Crippen LogP contribution in [-0.2, 0) is 0 Å². The molecular weight excluding hydrogens is 308 g/mol. The van der Waals surface area contributed by atoms with Crippen LogP contribution in [0.15, 0.2) is 40.9 Å². The molecule has 0 bridgehead atoms. The molecule has 2 rings (SSSR count). The lowest BCUT2D eigenvalue weighted by Gasteiger charge is -2.08. The van der Waals surface area contributed by atoms with Crippen LogP contribution in [-0.4, -0.2) is 11.0 Å². The second kappa shape index (κ2) is 5.32. The van der Waals surface area contributed by atoms with Crippen LogP contribution in [0.4, 0.5) is 11.4 Å². The Hall–Kier alpha value is -2.01. The molecule has 0 saturated heterocycles. The predicted octanol–water partition coefficient (Wildman–Crippen LogP) is 3.30. The lowest BCUT2D eigenvalue weighted by molar-refractivity contribution is 0.102. The van der Waals surface area contributed by atoms with Gasteiger partial charge in [0.1, 0.15) is 5.75 Å². The molecule has 0 unspecified atom stereocenters. The first kappa shape index (κ1) is 13.4. The number of aromatic hydroxyl groups is 1. The van der Waals surface area contributed by atoms with Crippen LogP contribution >= 0.6 is 15.9 Å². The van der Waals surface area contributed by atoms with Crippen molar-refractivity contribution >= 4 is 33.2 Å². The average Bonchev–Trinajstić information content (AvgIpc) is 2.37. The molecule has 0 saturated carbocycles. The number of benzene rings is 2. The van der Waals surface area contributed by atoms with Crippen LogP contribution in [0.3, 0.4) is 0 Å². The summed E-state index contributed by atoms with van der Waals surface area (Å²) in [4.78, 5) is 12.0. The molecule has 0 aliphatic rings. The third-order valence-electron chi connectivity index (χ3n) is 2.72. The number of rotatable bonds is 2. The summed E-state index contributed by atoms with van der Waals surface area (Å²) in [6.45, 7) is 1.74. The number of nitrogens with two attached hydrogens (primary N) is 1. The summed E-state index contributed by atoms with van der Waals surface area (Å²) in [5.74, 6) is -0.0634. The van der Waals surface area contributed by atoms with E-state index in [-0.39, 0.29) is 11.7 Å². The largest absolute Gasteiger partial charge is 0.508 e. The quantitative estimate of drug-likeness (QED) is 0.743. The monoisotopic (exact) mass is 320 g/mol. The van der Waals surface area contributed by atoms with Crippen molar-refractivity contribution < 1.29 is 9.90 Å². The maximum atomic E-state index is 12.0. The van der Waals surface area contributed by atoms with Crippen LogP contribution in [0, 0.1) is 6.92 Å². The van der Waals surface area contributed by atoms with Gasteiger partial charge in [0.15, 0.2) is 0 Å². The van der Waals surface area contributed by atoms with Gasteiger partial charge in [0.05, 0.1) is 0 Å². The van der Waals surface area contributed by atoms with Gasteiger partial charge in [0, 0.05) is 21.4 Å². The van der Waals surface area contributed by atoms with Gasteiger partial charge in [0.2, 0.25) is 0 Å². The smallest absolute Gasteiger partial charge is 0.255 e. The summed E-state index contributed by atoms with van der Waals surface area (Å²) in [6.07, 6.45) is 0. The molecular formula is C14H13BrN2O2. The Morgan fingerprint density at radius 1 is 1.26 bits per heavy atom.